The Morgan fingerprint density at radius 3 is 2.24 bits per heavy atom. The Morgan fingerprint density at radius 2 is 1.67 bits per heavy atom. The molecule has 0 aliphatic heterocycles. The molecule has 1 fully saturated rings. The molecular formula is C25H28N2O6. The van der Waals surface area contributed by atoms with Gasteiger partial charge in [0.15, 0.2) is 0 Å². The van der Waals surface area contributed by atoms with E-state index in [1.54, 1.807) is 0 Å². The molecule has 3 N–H and O–H groups in total. The number of carboxylic acid groups (broad SMARTS) is 1. The Kier molecular flexibility index (Phi) is 6.93. The molecule has 8 nitrogen and oxygen atoms in total. The molecule has 0 bridgehead atoms. The molecule has 1 unspecified atom stereocenters. The zero-order valence-corrected chi connectivity index (χ0v) is 18.5. The monoisotopic (exact) mass is 452 g/mol. The van der Waals surface area contributed by atoms with Gasteiger partial charge in [0.05, 0.1) is 12.5 Å². The number of carbonyl (C=O) groups is 3. The summed E-state index contributed by atoms with van der Waals surface area (Å²) in [6.45, 7) is 0.120. The van der Waals surface area contributed by atoms with E-state index in [1.807, 2.05) is 36.4 Å². The maximum atomic E-state index is 12.7. The van der Waals surface area contributed by atoms with Gasteiger partial charge in [0.25, 0.3) is 0 Å². The van der Waals surface area contributed by atoms with Crippen LogP contribution < -0.4 is 10.6 Å². The van der Waals surface area contributed by atoms with Gasteiger partial charge < -0.3 is 25.2 Å². The molecule has 3 atom stereocenters. The van der Waals surface area contributed by atoms with Gasteiger partial charge in [0, 0.05) is 19.1 Å². The fraction of sp³-hybridized carbons (Fsp3) is 0.400. The summed E-state index contributed by atoms with van der Waals surface area (Å²) in [7, 11) is 1.44. The molecule has 2 aromatic carbocycles. The van der Waals surface area contributed by atoms with Crippen LogP contribution in [-0.2, 0) is 19.1 Å². The SMILES string of the molecule is COCC(NC(=O)OCC1c2ccccc2-c2ccccc21)C(=O)N[C@H]1CC[C@@H](C(=O)O)C1. The minimum atomic E-state index is -0.936. The molecule has 2 amide bonds. The Morgan fingerprint density at radius 1 is 1.03 bits per heavy atom. The highest BCUT2D eigenvalue weighted by molar-refractivity contribution is 5.86. The molecular weight excluding hydrogens is 424 g/mol. The van der Waals surface area contributed by atoms with E-state index < -0.39 is 29.9 Å². The lowest BCUT2D eigenvalue weighted by atomic mass is 9.98. The average Bonchev–Trinajstić information content (AvgIpc) is 3.40. The van der Waals surface area contributed by atoms with Crippen molar-refractivity contribution in [1.82, 2.24) is 10.6 Å². The van der Waals surface area contributed by atoms with Gasteiger partial charge in [-0.15, -0.1) is 0 Å². The van der Waals surface area contributed by atoms with Crippen LogP contribution in [0.5, 0.6) is 0 Å². The highest BCUT2D eigenvalue weighted by atomic mass is 16.5. The van der Waals surface area contributed by atoms with Crippen molar-refractivity contribution in [3.63, 3.8) is 0 Å². The molecule has 4 rings (SSSR count). The second-order valence-corrected chi connectivity index (χ2v) is 8.53. The fourth-order valence-electron chi connectivity index (χ4n) is 4.77. The number of methoxy groups -OCH3 is 1. The summed E-state index contributed by atoms with van der Waals surface area (Å²) in [6.07, 6.45) is 0.789. The zero-order chi connectivity index (χ0) is 23.4. The molecule has 0 heterocycles. The molecule has 8 heteroatoms. The maximum absolute atomic E-state index is 12.7. The summed E-state index contributed by atoms with van der Waals surface area (Å²) >= 11 is 0. The Hall–Kier alpha value is -3.39. The molecule has 33 heavy (non-hydrogen) atoms. The van der Waals surface area contributed by atoms with E-state index in [9.17, 15) is 14.4 Å². The lowest BCUT2D eigenvalue weighted by molar-refractivity contribution is -0.141. The minimum absolute atomic E-state index is 0.0227. The highest BCUT2D eigenvalue weighted by Crippen LogP contribution is 2.44. The van der Waals surface area contributed by atoms with Crippen LogP contribution in [-0.4, -0.2) is 55.5 Å². The number of rotatable bonds is 8. The van der Waals surface area contributed by atoms with E-state index in [1.165, 1.54) is 7.11 Å². The van der Waals surface area contributed by atoms with Crippen LogP contribution in [0.3, 0.4) is 0 Å². The van der Waals surface area contributed by atoms with E-state index in [2.05, 4.69) is 22.8 Å². The van der Waals surface area contributed by atoms with Crippen LogP contribution in [0.25, 0.3) is 11.1 Å². The zero-order valence-electron chi connectivity index (χ0n) is 18.5. The molecule has 0 saturated heterocycles. The highest BCUT2D eigenvalue weighted by Gasteiger charge is 2.33. The first-order valence-electron chi connectivity index (χ1n) is 11.1. The molecule has 0 radical (unpaired) electrons. The van der Waals surface area contributed by atoms with Crippen LogP contribution in [0.2, 0.25) is 0 Å². The predicted molar refractivity (Wildman–Crippen MR) is 121 cm³/mol. The van der Waals surface area contributed by atoms with Gasteiger partial charge in [-0.25, -0.2) is 4.79 Å². The normalized spacial score (nSPS) is 19.9. The molecule has 174 valence electrons. The Labute approximate surface area is 192 Å². The third-order valence-electron chi connectivity index (χ3n) is 6.41. The smallest absolute Gasteiger partial charge is 0.407 e. The fourth-order valence-corrected chi connectivity index (χ4v) is 4.77. The summed E-state index contributed by atoms with van der Waals surface area (Å²) in [5.74, 6) is -1.80. The molecule has 2 aromatic rings. The molecule has 2 aliphatic carbocycles. The molecule has 2 aliphatic rings. The summed E-state index contributed by atoms with van der Waals surface area (Å²) in [4.78, 5) is 36.4. The lowest BCUT2D eigenvalue weighted by Gasteiger charge is -2.21. The van der Waals surface area contributed by atoms with Gasteiger partial charge in [-0.1, -0.05) is 48.5 Å². The molecule has 1 saturated carbocycles. The van der Waals surface area contributed by atoms with Gasteiger partial charge in [0.2, 0.25) is 5.91 Å². The van der Waals surface area contributed by atoms with Crippen molar-refractivity contribution >= 4 is 18.0 Å². The van der Waals surface area contributed by atoms with E-state index in [-0.39, 0.29) is 25.2 Å². The van der Waals surface area contributed by atoms with Crippen LogP contribution in [0, 0.1) is 5.92 Å². The van der Waals surface area contributed by atoms with Crippen molar-refractivity contribution in [2.24, 2.45) is 5.92 Å². The van der Waals surface area contributed by atoms with Crippen molar-refractivity contribution < 1.29 is 29.0 Å². The summed E-state index contributed by atoms with van der Waals surface area (Å²) in [5.41, 5.74) is 4.48. The van der Waals surface area contributed by atoms with Crippen LogP contribution in [0.4, 0.5) is 4.79 Å². The van der Waals surface area contributed by atoms with E-state index in [4.69, 9.17) is 14.6 Å². The van der Waals surface area contributed by atoms with Crippen molar-refractivity contribution in [2.75, 3.05) is 20.3 Å². The van der Waals surface area contributed by atoms with Crippen LogP contribution in [0.1, 0.15) is 36.3 Å². The Balaban J connectivity index is 1.35. The number of carboxylic acids is 1. The van der Waals surface area contributed by atoms with E-state index in [0.717, 1.165) is 22.3 Å². The van der Waals surface area contributed by atoms with Gasteiger partial charge in [0.1, 0.15) is 12.6 Å². The largest absolute Gasteiger partial charge is 0.481 e. The van der Waals surface area contributed by atoms with Crippen LogP contribution in [0.15, 0.2) is 48.5 Å². The van der Waals surface area contributed by atoms with Gasteiger partial charge in [-0.2, -0.15) is 0 Å². The lowest BCUT2D eigenvalue weighted by Crippen LogP contribution is -2.51. The third-order valence-corrected chi connectivity index (χ3v) is 6.41. The second kappa shape index (κ2) is 10.0. The molecule has 0 spiro atoms. The van der Waals surface area contributed by atoms with Crippen molar-refractivity contribution in [1.29, 1.82) is 0 Å². The first kappa shape index (κ1) is 22.8. The second-order valence-electron chi connectivity index (χ2n) is 8.53. The number of amides is 2. The summed E-state index contributed by atoms with van der Waals surface area (Å²) in [5, 5.41) is 14.6. The maximum Gasteiger partial charge on any atom is 0.407 e. The van der Waals surface area contributed by atoms with Gasteiger partial charge in [-0.3, -0.25) is 9.59 Å². The minimum Gasteiger partial charge on any atom is -0.481 e. The van der Waals surface area contributed by atoms with Gasteiger partial charge in [-0.05, 0) is 41.5 Å². The number of alkyl carbamates (subject to hydrolysis) is 1. The predicted octanol–water partition coefficient (Wildman–Crippen LogP) is 2.91. The number of nitrogens with one attached hydrogen (secondary N) is 2. The first-order chi connectivity index (χ1) is 16.0. The number of carbonyl (C=O) groups excluding carboxylic acids is 2. The number of hydrogen-bond acceptors (Lipinski definition) is 5. The van der Waals surface area contributed by atoms with Crippen LogP contribution >= 0.6 is 0 Å². The number of fused-ring (bicyclic) bond motifs is 3. The number of hydrogen-bond donors (Lipinski definition) is 3. The van der Waals surface area contributed by atoms with Gasteiger partial charge >= 0.3 is 12.1 Å². The van der Waals surface area contributed by atoms with Crippen molar-refractivity contribution in [2.45, 2.75) is 37.3 Å². The Bertz CT molecular complexity index is 994. The number of benzene rings is 2. The number of ether oxygens (including phenoxy) is 2. The summed E-state index contributed by atoms with van der Waals surface area (Å²) < 4.78 is 10.6. The standard InChI is InChI=1S/C25H28N2O6/c1-32-14-22(23(28)26-16-11-10-15(12-16)24(29)30)27-25(31)33-13-21-19-8-4-2-6-17(19)18-7-3-5-9-20(18)21/h2-9,15-16,21-22H,10-14H2,1H3,(H,26,28)(H,27,31)(H,29,30)/t15-,16+,22?/m1/s1. The molecule has 0 aromatic heterocycles. The van der Waals surface area contributed by atoms with E-state index >= 15 is 0 Å². The quantitative estimate of drug-likeness (QED) is 0.568. The number of aliphatic carboxylic acids is 1. The topological polar surface area (TPSA) is 114 Å². The summed E-state index contributed by atoms with van der Waals surface area (Å²) in [6, 6.07) is 14.9. The average molecular weight is 453 g/mol. The van der Waals surface area contributed by atoms with E-state index in [0.29, 0.717) is 19.3 Å². The third kappa shape index (κ3) is 5.01. The van der Waals surface area contributed by atoms with Crippen molar-refractivity contribution in [3.05, 3.63) is 59.7 Å². The first-order valence-corrected chi connectivity index (χ1v) is 11.1. The van der Waals surface area contributed by atoms with Crippen molar-refractivity contribution in [3.8, 4) is 11.1 Å².